The predicted molar refractivity (Wildman–Crippen MR) is 109 cm³/mol. The first-order valence-electron chi connectivity index (χ1n) is 8.73. The molecule has 1 aliphatic heterocycles. The standard InChI is InChI=1S/C20H25N3O3.ClH/c1-25-16-7-5-6-15(12-16)22-20(24)14-23-11-10-21-13-18(23)17-8-3-4-9-19(17)26-2;/h3-9,12,18,21H,10-11,13-14H2,1-2H3,(H,22,24);1H. The molecule has 1 amide bonds. The Morgan fingerprint density at radius 1 is 1.19 bits per heavy atom. The van der Waals surface area contributed by atoms with Crippen molar-refractivity contribution in [1.82, 2.24) is 10.2 Å². The number of hydrogen-bond donors (Lipinski definition) is 2. The van der Waals surface area contributed by atoms with Crippen molar-refractivity contribution in [1.29, 1.82) is 0 Å². The first kappa shape index (κ1) is 21.0. The molecule has 6 nitrogen and oxygen atoms in total. The molecule has 1 saturated heterocycles. The normalized spacial score (nSPS) is 16.9. The molecule has 0 saturated carbocycles. The van der Waals surface area contributed by atoms with Gasteiger partial charge in [-0.1, -0.05) is 24.3 Å². The number of benzene rings is 2. The lowest BCUT2D eigenvalue weighted by Gasteiger charge is -2.36. The summed E-state index contributed by atoms with van der Waals surface area (Å²) in [6, 6.07) is 15.4. The Balaban J connectivity index is 0.00000261. The molecule has 1 heterocycles. The summed E-state index contributed by atoms with van der Waals surface area (Å²) in [6.45, 7) is 2.76. The van der Waals surface area contributed by atoms with E-state index in [0.717, 1.165) is 42.4 Å². The molecule has 1 fully saturated rings. The third-order valence-corrected chi connectivity index (χ3v) is 4.55. The highest BCUT2D eigenvalue weighted by Crippen LogP contribution is 2.30. The molecule has 2 N–H and O–H groups in total. The number of piperazine rings is 1. The Morgan fingerprint density at radius 2 is 2.00 bits per heavy atom. The predicted octanol–water partition coefficient (Wildman–Crippen LogP) is 2.71. The summed E-state index contributed by atoms with van der Waals surface area (Å²) in [5, 5.41) is 6.36. The van der Waals surface area contributed by atoms with Crippen molar-refractivity contribution >= 4 is 24.0 Å². The second kappa shape index (κ2) is 10.2. The van der Waals surface area contributed by atoms with Crippen LogP contribution in [0.4, 0.5) is 5.69 Å². The van der Waals surface area contributed by atoms with Gasteiger partial charge in [-0.15, -0.1) is 12.4 Å². The molecule has 2 aromatic carbocycles. The molecule has 2 aromatic rings. The fourth-order valence-corrected chi connectivity index (χ4v) is 3.27. The third kappa shape index (κ3) is 5.35. The van der Waals surface area contributed by atoms with Gasteiger partial charge in [0.25, 0.3) is 0 Å². The zero-order valence-corrected chi connectivity index (χ0v) is 16.4. The molecule has 27 heavy (non-hydrogen) atoms. The molecule has 0 spiro atoms. The van der Waals surface area contributed by atoms with Crippen LogP contribution in [-0.2, 0) is 4.79 Å². The zero-order valence-electron chi connectivity index (χ0n) is 15.6. The Labute approximate surface area is 166 Å². The van der Waals surface area contributed by atoms with Crippen LogP contribution in [0.1, 0.15) is 11.6 Å². The van der Waals surface area contributed by atoms with E-state index in [4.69, 9.17) is 9.47 Å². The van der Waals surface area contributed by atoms with Crippen molar-refractivity contribution in [2.75, 3.05) is 45.7 Å². The van der Waals surface area contributed by atoms with Gasteiger partial charge in [-0.2, -0.15) is 0 Å². The highest BCUT2D eigenvalue weighted by atomic mass is 35.5. The van der Waals surface area contributed by atoms with E-state index in [9.17, 15) is 4.79 Å². The number of rotatable bonds is 6. The number of carbonyl (C=O) groups is 1. The lowest BCUT2D eigenvalue weighted by molar-refractivity contribution is -0.118. The van der Waals surface area contributed by atoms with E-state index in [-0.39, 0.29) is 24.4 Å². The first-order valence-corrected chi connectivity index (χ1v) is 8.73. The fourth-order valence-electron chi connectivity index (χ4n) is 3.27. The molecular weight excluding hydrogens is 366 g/mol. The lowest BCUT2D eigenvalue weighted by atomic mass is 10.0. The number of anilines is 1. The minimum absolute atomic E-state index is 0. The summed E-state index contributed by atoms with van der Waals surface area (Å²) in [6.07, 6.45) is 0. The Kier molecular flexibility index (Phi) is 7.91. The second-order valence-electron chi connectivity index (χ2n) is 6.21. The molecule has 1 aliphatic rings. The highest BCUT2D eigenvalue weighted by molar-refractivity contribution is 5.92. The van der Waals surface area contributed by atoms with Crippen molar-refractivity contribution in [3.05, 3.63) is 54.1 Å². The van der Waals surface area contributed by atoms with Crippen LogP contribution in [0.25, 0.3) is 0 Å². The summed E-state index contributed by atoms with van der Waals surface area (Å²) in [7, 11) is 3.29. The number of carbonyl (C=O) groups excluding carboxylic acids is 1. The Morgan fingerprint density at radius 3 is 2.78 bits per heavy atom. The maximum atomic E-state index is 12.6. The topological polar surface area (TPSA) is 62.8 Å². The smallest absolute Gasteiger partial charge is 0.238 e. The van der Waals surface area contributed by atoms with Gasteiger partial charge >= 0.3 is 0 Å². The van der Waals surface area contributed by atoms with E-state index in [1.54, 1.807) is 14.2 Å². The van der Waals surface area contributed by atoms with E-state index >= 15 is 0 Å². The van der Waals surface area contributed by atoms with Crippen molar-refractivity contribution in [3.8, 4) is 11.5 Å². The Hall–Kier alpha value is -2.28. The van der Waals surface area contributed by atoms with Crippen LogP contribution in [0.15, 0.2) is 48.5 Å². The van der Waals surface area contributed by atoms with Crippen molar-refractivity contribution in [2.45, 2.75) is 6.04 Å². The minimum Gasteiger partial charge on any atom is -0.497 e. The second-order valence-corrected chi connectivity index (χ2v) is 6.21. The fraction of sp³-hybridized carbons (Fsp3) is 0.350. The maximum Gasteiger partial charge on any atom is 0.238 e. The summed E-state index contributed by atoms with van der Waals surface area (Å²) in [4.78, 5) is 14.8. The number of amides is 1. The van der Waals surface area contributed by atoms with Gasteiger partial charge in [-0.25, -0.2) is 0 Å². The van der Waals surface area contributed by atoms with E-state index in [1.807, 2.05) is 42.5 Å². The van der Waals surface area contributed by atoms with Crippen molar-refractivity contribution in [2.24, 2.45) is 0 Å². The monoisotopic (exact) mass is 391 g/mol. The summed E-state index contributed by atoms with van der Waals surface area (Å²) in [5.41, 5.74) is 1.83. The van der Waals surface area contributed by atoms with Gasteiger partial charge in [-0.05, 0) is 18.2 Å². The van der Waals surface area contributed by atoms with Gasteiger partial charge in [0.2, 0.25) is 5.91 Å². The molecule has 3 rings (SSSR count). The van der Waals surface area contributed by atoms with Crippen molar-refractivity contribution in [3.63, 3.8) is 0 Å². The van der Waals surface area contributed by atoms with Crippen LogP contribution >= 0.6 is 12.4 Å². The number of halogens is 1. The largest absolute Gasteiger partial charge is 0.497 e. The summed E-state index contributed by atoms with van der Waals surface area (Å²) < 4.78 is 10.7. The number of para-hydroxylation sites is 1. The van der Waals surface area contributed by atoms with Crippen molar-refractivity contribution < 1.29 is 14.3 Å². The Bertz CT molecular complexity index is 757. The van der Waals surface area contributed by atoms with Crippen LogP contribution in [0.3, 0.4) is 0 Å². The van der Waals surface area contributed by atoms with Gasteiger partial charge in [-0.3, -0.25) is 9.69 Å². The van der Waals surface area contributed by atoms with Gasteiger partial charge < -0.3 is 20.1 Å². The van der Waals surface area contributed by atoms with Crippen LogP contribution in [0.2, 0.25) is 0 Å². The molecule has 146 valence electrons. The van der Waals surface area contributed by atoms with Gasteiger partial charge in [0.1, 0.15) is 11.5 Å². The molecule has 1 unspecified atom stereocenters. The minimum atomic E-state index is -0.0416. The summed E-state index contributed by atoms with van der Waals surface area (Å²) in [5.74, 6) is 1.52. The first-order chi connectivity index (χ1) is 12.7. The number of methoxy groups -OCH3 is 2. The highest BCUT2D eigenvalue weighted by Gasteiger charge is 2.27. The van der Waals surface area contributed by atoms with E-state index in [1.165, 1.54) is 0 Å². The number of ether oxygens (including phenoxy) is 2. The number of hydrogen-bond acceptors (Lipinski definition) is 5. The van der Waals surface area contributed by atoms with Crippen LogP contribution in [0, 0.1) is 0 Å². The van der Waals surface area contributed by atoms with Gasteiger partial charge in [0, 0.05) is 37.0 Å². The average molecular weight is 392 g/mol. The third-order valence-electron chi connectivity index (χ3n) is 4.55. The molecular formula is C20H26ClN3O3. The van der Waals surface area contributed by atoms with Crippen LogP contribution in [-0.4, -0.2) is 51.2 Å². The van der Waals surface area contributed by atoms with E-state index < -0.39 is 0 Å². The van der Waals surface area contributed by atoms with Crippen LogP contribution in [0.5, 0.6) is 11.5 Å². The number of nitrogens with zero attached hydrogens (tertiary/aromatic N) is 1. The van der Waals surface area contributed by atoms with Gasteiger partial charge in [0.15, 0.2) is 0 Å². The number of nitrogens with one attached hydrogen (secondary N) is 2. The molecule has 1 atom stereocenters. The SMILES string of the molecule is COc1cccc(NC(=O)CN2CCNCC2c2ccccc2OC)c1.Cl. The molecule has 0 radical (unpaired) electrons. The molecule has 0 aromatic heterocycles. The van der Waals surface area contributed by atoms with E-state index in [0.29, 0.717) is 6.54 Å². The zero-order chi connectivity index (χ0) is 18.4. The van der Waals surface area contributed by atoms with Crippen LogP contribution < -0.4 is 20.1 Å². The lowest BCUT2D eigenvalue weighted by Crippen LogP contribution is -2.48. The van der Waals surface area contributed by atoms with Gasteiger partial charge in [0.05, 0.1) is 26.8 Å². The molecule has 7 heteroatoms. The average Bonchev–Trinajstić information content (AvgIpc) is 2.68. The summed E-state index contributed by atoms with van der Waals surface area (Å²) >= 11 is 0. The van der Waals surface area contributed by atoms with E-state index in [2.05, 4.69) is 21.6 Å². The maximum absolute atomic E-state index is 12.6. The molecule has 0 aliphatic carbocycles. The molecule has 0 bridgehead atoms. The quantitative estimate of drug-likeness (QED) is 0.792.